The summed E-state index contributed by atoms with van der Waals surface area (Å²) >= 11 is 5.95. The molecule has 0 aliphatic carbocycles. The first-order valence-corrected chi connectivity index (χ1v) is 11.0. The summed E-state index contributed by atoms with van der Waals surface area (Å²) in [6.45, 7) is 6.22. The number of aryl methyl sites for hydroxylation is 1. The zero-order valence-electron chi connectivity index (χ0n) is 17.2. The zero-order valence-corrected chi connectivity index (χ0v) is 18.0. The second-order valence-electron chi connectivity index (χ2n) is 7.61. The van der Waals surface area contributed by atoms with Crippen molar-refractivity contribution in [3.8, 4) is 5.75 Å². The van der Waals surface area contributed by atoms with Crippen molar-refractivity contribution in [3.63, 3.8) is 0 Å². The molecule has 0 unspecified atom stereocenters. The molecule has 1 amide bonds. The fraction of sp³-hybridized carbons (Fsp3) is 0.458. The summed E-state index contributed by atoms with van der Waals surface area (Å²) < 4.78 is 5.67. The van der Waals surface area contributed by atoms with E-state index in [0.29, 0.717) is 13.2 Å². The van der Waals surface area contributed by atoms with Gasteiger partial charge in [-0.05, 0) is 75.0 Å². The molecule has 1 fully saturated rings. The Hall–Kier alpha value is -2.04. The molecule has 1 aliphatic heterocycles. The summed E-state index contributed by atoms with van der Waals surface area (Å²) in [4.78, 5) is 14.9. The molecular weight excluding hydrogens is 384 g/mol. The van der Waals surface area contributed by atoms with Gasteiger partial charge < -0.3 is 10.1 Å². The van der Waals surface area contributed by atoms with Crippen LogP contribution >= 0.6 is 11.6 Å². The number of nitrogens with zero attached hydrogens (tertiary/aromatic N) is 1. The maximum Gasteiger partial charge on any atom is 0.223 e. The van der Waals surface area contributed by atoms with Gasteiger partial charge in [-0.2, -0.15) is 0 Å². The normalized spacial score (nSPS) is 15.2. The van der Waals surface area contributed by atoms with Gasteiger partial charge in [0.05, 0.1) is 6.61 Å². The van der Waals surface area contributed by atoms with E-state index in [9.17, 15) is 4.79 Å². The minimum absolute atomic E-state index is 0.132. The Morgan fingerprint density at radius 3 is 2.59 bits per heavy atom. The SMILES string of the molecule is CCOc1ccccc1CCCNC(=O)C1CCN(Cc2ccc(Cl)cc2)CC1. The number of piperidine rings is 1. The molecule has 1 heterocycles. The first kappa shape index (κ1) is 21.7. The van der Waals surface area contributed by atoms with Gasteiger partial charge in [0.1, 0.15) is 5.75 Å². The van der Waals surface area contributed by atoms with Gasteiger partial charge in [-0.25, -0.2) is 0 Å². The molecule has 0 spiro atoms. The van der Waals surface area contributed by atoms with Gasteiger partial charge in [-0.3, -0.25) is 9.69 Å². The first-order valence-electron chi connectivity index (χ1n) is 10.6. The third-order valence-corrected chi connectivity index (χ3v) is 5.72. The zero-order chi connectivity index (χ0) is 20.5. The van der Waals surface area contributed by atoms with Crippen molar-refractivity contribution in [3.05, 3.63) is 64.7 Å². The number of halogens is 1. The Morgan fingerprint density at radius 2 is 1.86 bits per heavy atom. The molecule has 156 valence electrons. The summed E-state index contributed by atoms with van der Waals surface area (Å²) in [5.41, 5.74) is 2.48. The number of ether oxygens (including phenoxy) is 1. The minimum atomic E-state index is 0.132. The second kappa shape index (κ2) is 11.2. The van der Waals surface area contributed by atoms with E-state index in [-0.39, 0.29) is 11.8 Å². The van der Waals surface area contributed by atoms with Crippen LogP contribution in [0, 0.1) is 5.92 Å². The van der Waals surface area contributed by atoms with Crippen molar-refractivity contribution in [1.82, 2.24) is 10.2 Å². The van der Waals surface area contributed by atoms with E-state index in [1.165, 1.54) is 11.1 Å². The van der Waals surface area contributed by atoms with Crippen LogP contribution in [0.1, 0.15) is 37.3 Å². The molecule has 3 rings (SSSR count). The van der Waals surface area contributed by atoms with E-state index in [1.807, 2.05) is 37.3 Å². The monoisotopic (exact) mass is 414 g/mol. The number of nitrogens with one attached hydrogen (secondary N) is 1. The summed E-state index contributed by atoms with van der Waals surface area (Å²) in [7, 11) is 0. The van der Waals surface area contributed by atoms with E-state index in [2.05, 4.69) is 28.4 Å². The first-order chi connectivity index (χ1) is 14.2. The maximum atomic E-state index is 12.5. The third kappa shape index (κ3) is 6.76. The standard InChI is InChI=1S/C24H31ClN2O2/c1-2-29-23-8-4-3-6-20(23)7-5-15-26-24(28)21-13-16-27(17-14-21)18-19-9-11-22(25)12-10-19/h3-4,6,8-12,21H,2,5,7,13-18H2,1H3,(H,26,28). The number of benzene rings is 2. The van der Waals surface area contributed by atoms with Crippen molar-refractivity contribution in [1.29, 1.82) is 0 Å². The number of para-hydroxylation sites is 1. The molecule has 0 radical (unpaired) electrons. The highest BCUT2D eigenvalue weighted by atomic mass is 35.5. The summed E-state index contributed by atoms with van der Waals surface area (Å²) in [5, 5.41) is 3.90. The lowest BCUT2D eigenvalue weighted by Crippen LogP contribution is -2.40. The average Bonchev–Trinajstić information content (AvgIpc) is 2.74. The number of likely N-dealkylation sites (tertiary alicyclic amines) is 1. The molecule has 4 nitrogen and oxygen atoms in total. The molecule has 29 heavy (non-hydrogen) atoms. The van der Waals surface area contributed by atoms with E-state index in [4.69, 9.17) is 16.3 Å². The highest BCUT2D eigenvalue weighted by molar-refractivity contribution is 6.30. The van der Waals surface area contributed by atoms with Crippen LogP contribution in [0.2, 0.25) is 5.02 Å². The molecule has 1 saturated heterocycles. The topological polar surface area (TPSA) is 41.6 Å². The van der Waals surface area contributed by atoms with Gasteiger partial charge in [0.15, 0.2) is 0 Å². The van der Waals surface area contributed by atoms with Crippen LogP contribution in [0.3, 0.4) is 0 Å². The van der Waals surface area contributed by atoms with Crippen molar-refractivity contribution >= 4 is 17.5 Å². The molecule has 2 aromatic carbocycles. The van der Waals surface area contributed by atoms with E-state index in [0.717, 1.165) is 56.1 Å². The number of amides is 1. The van der Waals surface area contributed by atoms with Crippen LogP contribution < -0.4 is 10.1 Å². The van der Waals surface area contributed by atoms with Crippen LogP contribution in [-0.2, 0) is 17.8 Å². The largest absolute Gasteiger partial charge is 0.494 e. The van der Waals surface area contributed by atoms with Gasteiger partial charge in [0.25, 0.3) is 0 Å². The molecule has 2 aromatic rings. The van der Waals surface area contributed by atoms with Gasteiger partial charge >= 0.3 is 0 Å². The summed E-state index contributed by atoms with van der Waals surface area (Å²) in [5.74, 6) is 1.29. The van der Waals surface area contributed by atoms with Crippen LogP contribution in [-0.4, -0.2) is 37.0 Å². The highest BCUT2D eigenvalue weighted by Gasteiger charge is 2.24. The second-order valence-corrected chi connectivity index (χ2v) is 8.05. The Bertz CT molecular complexity index is 771. The van der Waals surface area contributed by atoms with Crippen LogP contribution in [0.4, 0.5) is 0 Å². The fourth-order valence-electron chi connectivity index (χ4n) is 3.84. The Balaban J connectivity index is 1.35. The summed E-state index contributed by atoms with van der Waals surface area (Å²) in [6, 6.07) is 16.2. The lowest BCUT2D eigenvalue weighted by Gasteiger charge is -2.31. The lowest BCUT2D eigenvalue weighted by molar-refractivity contribution is -0.126. The van der Waals surface area contributed by atoms with Crippen molar-refractivity contribution < 1.29 is 9.53 Å². The highest BCUT2D eigenvalue weighted by Crippen LogP contribution is 2.21. The summed E-state index contributed by atoms with van der Waals surface area (Å²) in [6.07, 6.45) is 3.68. The molecule has 1 N–H and O–H groups in total. The molecule has 5 heteroatoms. The van der Waals surface area contributed by atoms with Gasteiger partial charge in [-0.1, -0.05) is 41.9 Å². The van der Waals surface area contributed by atoms with Crippen LogP contribution in [0.5, 0.6) is 5.75 Å². The number of hydrogen-bond donors (Lipinski definition) is 1. The van der Waals surface area contributed by atoms with Gasteiger partial charge in [-0.15, -0.1) is 0 Å². The maximum absolute atomic E-state index is 12.5. The number of hydrogen-bond acceptors (Lipinski definition) is 3. The molecule has 1 aliphatic rings. The Morgan fingerprint density at radius 1 is 1.14 bits per heavy atom. The molecular formula is C24H31ClN2O2. The average molecular weight is 415 g/mol. The Labute approximate surface area is 179 Å². The van der Waals surface area contributed by atoms with E-state index >= 15 is 0 Å². The molecule has 0 atom stereocenters. The van der Waals surface area contributed by atoms with Crippen molar-refractivity contribution in [2.45, 2.75) is 39.2 Å². The van der Waals surface area contributed by atoms with Crippen molar-refractivity contribution in [2.24, 2.45) is 5.92 Å². The van der Waals surface area contributed by atoms with Crippen molar-refractivity contribution in [2.75, 3.05) is 26.2 Å². The Kier molecular flexibility index (Phi) is 8.38. The van der Waals surface area contributed by atoms with Gasteiger partial charge in [0.2, 0.25) is 5.91 Å². The predicted molar refractivity (Wildman–Crippen MR) is 118 cm³/mol. The third-order valence-electron chi connectivity index (χ3n) is 5.47. The molecule has 0 saturated carbocycles. The number of rotatable bonds is 9. The quantitative estimate of drug-likeness (QED) is 0.604. The van der Waals surface area contributed by atoms with Gasteiger partial charge in [0, 0.05) is 24.0 Å². The van der Waals surface area contributed by atoms with E-state index < -0.39 is 0 Å². The van der Waals surface area contributed by atoms with Crippen LogP contribution in [0.15, 0.2) is 48.5 Å². The van der Waals surface area contributed by atoms with E-state index in [1.54, 1.807) is 0 Å². The number of carbonyl (C=O) groups is 1. The van der Waals surface area contributed by atoms with Crippen LogP contribution in [0.25, 0.3) is 0 Å². The number of carbonyl (C=O) groups excluding carboxylic acids is 1. The predicted octanol–water partition coefficient (Wildman–Crippen LogP) is 4.70. The smallest absolute Gasteiger partial charge is 0.223 e. The minimum Gasteiger partial charge on any atom is -0.494 e. The lowest BCUT2D eigenvalue weighted by atomic mass is 9.95. The molecule has 0 bridgehead atoms. The molecule has 0 aromatic heterocycles. The fourth-order valence-corrected chi connectivity index (χ4v) is 3.97.